The maximum atomic E-state index is 13.0. The van der Waals surface area contributed by atoms with Gasteiger partial charge in [-0.25, -0.2) is 0 Å². The van der Waals surface area contributed by atoms with E-state index in [4.69, 9.17) is 10.5 Å². The van der Waals surface area contributed by atoms with Gasteiger partial charge in [-0.2, -0.15) is 0 Å². The smallest absolute Gasteiger partial charge is 0.230 e. The molecule has 0 radical (unpaired) electrons. The summed E-state index contributed by atoms with van der Waals surface area (Å²) in [5.41, 5.74) is 6.64. The van der Waals surface area contributed by atoms with E-state index >= 15 is 0 Å². The Morgan fingerprint density at radius 3 is 2.70 bits per heavy atom. The molecule has 8 nitrogen and oxygen atoms in total. The number of anilines is 1. The van der Waals surface area contributed by atoms with E-state index in [0.717, 1.165) is 0 Å². The Morgan fingerprint density at radius 2 is 1.96 bits per heavy atom. The fraction of sp³-hybridized carbons (Fsp3) is 0.474. The quantitative estimate of drug-likeness (QED) is 0.469. The van der Waals surface area contributed by atoms with Crippen molar-refractivity contribution in [3.05, 3.63) is 29.3 Å². The monoisotopic (exact) mass is 373 g/mol. The SMILES string of the molecule is NCCOCCNc1cccc2c1C(=O)CC(C1CCC(=O)NC1=O)C2=O. The van der Waals surface area contributed by atoms with Crippen LogP contribution in [0, 0.1) is 11.8 Å². The zero-order valence-electron chi connectivity index (χ0n) is 15.0. The fourth-order valence-electron chi connectivity index (χ4n) is 3.66. The van der Waals surface area contributed by atoms with E-state index in [1.54, 1.807) is 18.2 Å². The van der Waals surface area contributed by atoms with Crippen molar-refractivity contribution >= 4 is 29.1 Å². The van der Waals surface area contributed by atoms with Gasteiger partial charge in [-0.1, -0.05) is 12.1 Å². The molecule has 4 N–H and O–H groups in total. The van der Waals surface area contributed by atoms with Crippen LogP contribution in [0.1, 0.15) is 40.0 Å². The van der Waals surface area contributed by atoms with Gasteiger partial charge in [0.15, 0.2) is 11.6 Å². The second-order valence-corrected chi connectivity index (χ2v) is 6.71. The molecule has 0 bridgehead atoms. The van der Waals surface area contributed by atoms with Crippen LogP contribution in [0.15, 0.2) is 18.2 Å². The molecule has 27 heavy (non-hydrogen) atoms. The van der Waals surface area contributed by atoms with Crippen LogP contribution in [-0.2, 0) is 14.3 Å². The van der Waals surface area contributed by atoms with Crippen molar-refractivity contribution < 1.29 is 23.9 Å². The molecule has 1 aliphatic carbocycles. The van der Waals surface area contributed by atoms with Crippen LogP contribution in [0.2, 0.25) is 0 Å². The summed E-state index contributed by atoms with van der Waals surface area (Å²) in [5.74, 6) is -2.57. The third-order valence-electron chi connectivity index (χ3n) is 4.94. The number of hydrogen-bond donors (Lipinski definition) is 3. The summed E-state index contributed by atoms with van der Waals surface area (Å²) in [7, 11) is 0. The Balaban J connectivity index is 1.77. The zero-order valence-corrected chi connectivity index (χ0v) is 15.0. The van der Waals surface area contributed by atoms with Crippen LogP contribution in [0.25, 0.3) is 0 Å². The van der Waals surface area contributed by atoms with Crippen LogP contribution in [-0.4, -0.2) is 49.7 Å². The molecule has 1 saturated heterocycles. The van der Waals surface area contributed by atoms with Gasteiger partial charge < -0.3 is 15.8 Å². The summed E-state index contributed by atoms with van der Waals surface area (Å²) in [6.45, 7) is 1.81. The van der Waals surface area contributed by atoms with Crippen molar-refractivity contribution in [1.82, 2.24) is 5.32 Å². The molecule has 3 rings (SSSR count). The number of fused-ring (bicyclic) bond motifs is 1. The average Bonchev–Trinajstić information content (AvgIpc) is 2.65. The number of hydrogen-bond acceptors (Lipinski definition) is 7. The largest absolute Gasteiger partial charge is 0.382 e. The van der Waals surface area contributed by atoms with Gasteiger partial charge in [-0.15, -0.1) is 0 Å². The molecular formula is C19H23N3O5. The van der Waals surface area contributed by atoms with Crippen LogP contribution < -0.4 is 16.4 Å². The zero-order chi connectivity index (χ0) is 19.4. The number of piperidine rings is 1. The van der Waals surface area contributed by atoms with E-state index in [-0.39, 0.29) is 30.3 Å². The van der Waals surface area contributed by atoms with E-state index < -0.39 is 17.7 Å². The standard InChI is InChI=1S/C19H23N3O5/c20-6-8-27-9-7-21-14-3-1-2-12-17(14)15(23)10-13(18(12)25)11-4-5-16(24)22-19(11)26/h1-3,11,13,21H,4-10,20H2,(H,22,24,26). The predicted octanol–water partition coefficient (Wildman–Crippen LogP) is 0.512. The number of nitrogens with one attached hydrogen (secondary N) is 2. The molecular weight excluding hydrogens is 350 g/mol. The maximum absolute atomic E-state index is 13.0. The lowest BCUT2D eigenvalue weighted by Crippen LogP contribution is -2.47. The minimum Gasteiger partial charge on any atom is -0.382 e. The summed E-state index contributed by atoms with van der Waals surface area (Å²) in [6.07, 6.45) is 0.451. The van der Waals surface area contributed by atoms with Crippen LogP contribution in [0.3, 0.4) is 0 Å². The number of nitrogens with two attached hydrogens (primary N) is 1. The highest BCUT2D eigenvalue weighted by molar-refractivity contribution is 6.18. The number of amides is 2. The molecule has 2 amide bonds. The van der Waals surface area contributed by atoms with Crippen molar-refractivity contribution in [3.8, 4) is 0 Å². The highest BCUT2D eigenvalue weighted by Crippen LogP contribution is 2.36. The Labute approximate surface area is 156 Å². The van der Waals surface area contributed by atoms with Crippen molar-refractivity contribution in [1.29, 1.82) is 0 Å². The van der Waals surface area contributed by atoms with Crippen molar-refractivity contribution in [3.63, 3.8) is 0 Å². The Hall–Kier alpha value is -2.58. The summed E-state index contributed by atoms with van der Waals surface area (Å²) in [4.78, 5) is 49.2. The van der Waals surface area contributed by atoms with Crippen LogP contribution in [0.5, 0.6) is 0 Å². The highest BCUT2D eigenvalue weighted by atomic mass is 16.5. The molecule has 0 saturated carbocycles. The first kappa shape index (κ1) is 19.2. The molecule has 1 heterocycles. The number of benzene rings is 1. The van der Waals surface area contributed by atoms with Crippen LogP contribution >= 0.6 is 0 Å². The number of carbonyl (C=O) groups is 4. The van der Waals surface area contributed by atoms with Gasteiger partial charge in [0, 0.05) is 49.0 Å². The average molecular weight is 373 g/mol. The second-order valence-electron chi connectivity index (χ2n) is 6.71. The Kier molecular flexibility index (Phi) is 5.98. The van der Waals surface area contributed by atoms with Gasteiger partial charge in [-0.05, 0) is 12.5 Å². The molecule has 2 unspecified atom stereocenters. The minimum absolute atomic E-state index is 0.0273. The lowest BCUT2D eigenvalue weighted by Gasteiger charge is -2.31. The Bertz CT molecular complexity index is 777. The van der Waals surface area contributed by atoms with Crippen molar-refractivity contribution in [2.75, 3.05) is 31.6 Å². The fourth-order valence-corrected chi connectivity index (χ4v) is 3.66. The molecule has 144 valence electrons. The molecule has 0 aromatic heterocycles. The Morgan fingerprint density at radius 1 is 1.15 bits per heavy atom. The summed E-state index contributed by atoms with van der Waals surface area (Å²) >= 11 is 0. The molecule has 8 heteroatoms. The second kappa shape index (κ2) is 8.41. The summed E-state index contributed by atoms with van der Waals surface area (Å²) < 4.78 is 5.30. The molecule has 1 aliphatic heterocycles. The van der Waals surface area contributed by atoms with Gasteiger partial charge in [0.1, 0.15) is 0 Å². The number of rotatable bonds is 7. The predicted molar refractivity (Wildman–Crippen MR) is 97.4 cm³/mol. The van der Waals surface area contributed by atoms with Gasteiger partial charge >= 0.3 is 0 Å². The lowest BCUT2D eigenvalue weighted by molar-refractivity contribution is -0.137. The van der Waals surface area contributed by atoms with E-state index in [0.29, 0.717) is 49.5 Å². The molecule has 1 aromatic carbocycles. The maximum Gasteiger partial charge on any atom is 0.230 e. The van der Waals surface area contributed by atoms with E-state index in [9.17, 15) is 19.2 Å². The topological polar surface area (TPSA) is 128 Å². The van der Waals surface area contributed by atoms with E-state index in [1.807, 2.05) is 0 Å². The highest BCUT2D eigenvalue weighted by Gasteiger charge is 2.43. The number of imide groups is 1. The van der Waals surface area contributed by atoms with E-state index in [2.05, 4.69) is 10.6 Å². The number of ketones is 2. The lowest BCUT2D eigenvalue weighted by atomic mass is 9.72. The molecule has 0 spiro atoms. The molecule has 2 aliphatic rings. The first-order chi connectivity index (χ1) is 13.0. The third-order valence-corrected chi connectivity index (χ3v) is 4.94. The van der Waals surface area contributed by atoms with Crippen molar-refractivity contribution in [2.45, 2.75) is 19.3 Å². The summed E-state index contributed by atoms with van der Waals surface area (Å²) in [6, 6.07) is 5.07. The molecule has 1 aromatic rings. The van der Waals surface area contributed by atoms with Gasteiger partial charge in [0.05, 0.1) is 18.8 Å². The first-order valence-corrected chi connectivity index (χ1v) is 9.08. The van der Waals surface area contributed by atoms with Crippen molar-refractivity contribution in [2.24, 2.45) is 17.6 Å². The third kappa shape index (κ3) is 4.06. The summed E-state index contributed by atoms with van der Waals surface area (Å²) in [5, 5.41) is 5.39. The molecule has 1 fully saturated rings. The van der Waals surface area contributed by atoms with Crippen LogP contribution in [0.4, 0.5) is 5.69 Å². The normalized spacial score (nSPS) is 22.4. The number of ether oxygens (including phenoxy) is 1. The van der Waals surface area contributed by atoms with Gasteiger partial charge in [0.2, 0.25) is 11.8 Å². The first-order valence-electron chi connectivity index (χ1n) is 9.08. The number of carbonyl (C=O) groups excluding carboxylic acids is 4. The van der Waals surface area contributed by atoms with Gasteiger partial charge in [-0.3, -0.25) is 24.5 Å². The van der Waals surface area contributed by atoms with E-state index in [1.165, 1.54) is 0 Å². The van der Waals surface area contributed by atoms with Gasteiger partial charge in [0.25, 0.3) is 0 Å². The molecule has 2 atom stereocenters. The number of Topliss-reactive ketones (excluding diaryl/α,β-unsaturated/α-hetero) is 2. The minimum atomic E-state index is -0.721.